The number of piperidine rings is 1. The Kier molecular flexibility index (Phi) is 3.17. The monoisotopic (exact) mass is 258 g/mol. The number of hydrogen-bond donors (Lipinski definition) is 1. The van der Waals surface area contributed by atoms with Crippen LogP contribution in [0.15, 0.2) is 0 Å². The second-order valence-corrected chi connectivity index (χ2v) is 7.79. The fourth-order valence-electron chi connectivity index (χ4n) is 3.25. The van der Waals surface area contributed by atoms with E-state index in [0.29, 0.717) is 6.04 Å². The van der Waals surface area contributed by atoms with Gasteiger partial charge in [-0.1, -0.05) is 6.42 Å². The predicted molar refractivity (Wildman–Crippen MR) is 67.3 cm³/mol. The molecule has 5 heteroatoms. The van der Waals surface area contributed by atoms with E-state index in [0.717, 1.165) is 45.2 Å². The van der Waals surface area contributed by atoms with Gasteiger partial charge in [0.05, 0.1) is 5.25 Å². The Labute approximate surface area is 104 Å². The highest BCUT2D eigenvalue weighted by atomic mass is 32.2. The lowest BCUT2D eigenvalue weighted by molar-refractivity contribution is 0.210. The zero-order chi connectivity index (χ0) is 11.9. The Balaban J connectivity index is 1.79. The number of nitrogens with zero attached hydrogens (tertiary/aromatic N) is 1. The molecule has 1 aliphatic carbocycles. The minimum Gasteiger partial charge on any atom is -0.312 e. The highest BCUT2D eigenvalue weighted by Crippen LogP contribution is 2.35. The van der Waals surface area contributed by atoms with Gasteiger partial charge in [0, 0.05) is 18.6 Å². The van der Waals surface area contributed by atoms with Crippen LogP contribution in [-0.4, -0.2) is 43.1 Å². The maximum atomic E-state index is 12.4. The van der Waals surface area contributed by atoms with Gasteiger partial charge in [0.25, 0.3) is 0 Å². The molecule has 0 amide bonds. The smallest absolute Gasteiger partial charge is 0.217 e. The van der Waals surface area contributed by atoms with E-state index in [1.54, 1.807) is 0 Å². The topological polar surface area (TPSA) is 49.4 Å². The molecular weight excluding hydrogens is 236 g/mol. The van der Waals surface area contributed by atoms with Gasteiger partial charge < -0.3 is 5.32 Å². The van der Waals surface area contributed by atoms with Crippen LogP contribution in [0, 0.1) is 0 Å². The summed E-state index contributed by atoms with van der Waals surface area (Å²) in [5.41, 5.74) is 0. The lowest BCUT2D eigenvalue weighted by atomic mass is 9.97. The lowest BCUT2D eigenvalue weighted by Gasteiger charge is -2.38. The van der Waals surface area contributed by atoms with E-state index < -0.39 is 10.0 Å². The summed E-state index contributed by atoms with van der Waals surface area (Å²) in [5.74, 6) is 0. The molecule has 3 fully saturated rings. The molecule has 2 saturated heterocycles. The SMILES string of the molecule is O=S(=O)(C1CC1)N1CCCCC1C1CCCN1. The van der Waals surface area contributed by atoms with Gasteiger partial charge in [0.1, 0.15) is 0 Å². The maximum Gasteiger partial charge on any atom is 0.217 e. The predicted octanol–water partition coefficient (Wildman–Crippen LogP) is 1.09. The molecular formula is C12H22N2O2S. The van der Waals surface area contributed by atoms with E-state index >= 15 is 0 Å². The maximum absolute atomic E-state index is 12.4. The van der Waals surface area contributed by atoms with E-state index in [1.165, 1.54) is 12.8 Å². The van der Waals surface area contributed by atoms with Gasteiger partial charge in [-0.3, -0.25) is 0 Å². The van der Waals surface area contributed by atoms with Crippen molar-refractivity contribution in [3.63, 3.8) is 0 Å². The van der Waals surface area contributed by atoms with Gasteiger partial charge in [-0.15, -0.1) is 0 Å². The molecule has 0 aromatic rings. The molecule has 2 heterocycles. The van der Waals surface area contributed by atoms with Crippen molar-refractivity contribution in [3.8, 4) is 0 Å². The summed E-state index contributed by atoms with van der Waals surface area (Å²) in [6, 6.07) is 0.640. The molecule has 0 bridgehead atoms. The molecule has 98 valence electrons. The molecule has 0 radical (unpaired) electrons. The highest BCUT2D eigenvalue weighted by molar-refractivity contribution is 7.90. The van der Waals surface area contributed by atoms with Crippen molar-refractivity contribution < 1.29 is 8.42 Å². The average Bonchev–Trinajstić information content (AvgIpc) is 3.06. The standard InChI is InChI=1S/C12H22N2O2S/c15-17(16,10-6-7-10)14-9-2-1-5-12(14)11-4-3-8-13-11/h10-13H,1-9H2. The first kappa shape index (κ1) is 11.9. The fraction of sp³-hybridized carbons (Fsp3) is 1.00. The van der Waals surface area contributed by atoms with Crippen LogP contribution in [-0.2, 0) is 10.0 Å². The molecule has 2 unspecified atom stereocenters. The van der Waals surface area contributed by atoms with Gasteiger partial charge in [-0.05, 0) is 45.1 Å². The van der Waals surface area contributed by atoms with Crippen LogP contribution in [0.1, 0.15) is 44.9 Å². The Hall–Kier alpha value is -0.130. The van der Waals surface area contributed by atoms with Crippen LogP contribution in [0.2, 0.25) is 0 Å². The summed E-state index contributed by atoms with van der Waals surface area (Å²) in [6.07, 6.45) is 7.35. The van der Waals surface area contributed by atoms with Gasteiger partial charge in [-0.25, -0.2) is 8.42 Å². The minimum atomic E-state index is -2.98. The minimum absolute atomic E-state index is 0.0514. The van der Waals surface area contributed by atoms with Crippen LogP contribution in [0.5, 0.6) is 0 Å². The Morgan fingerprint density at radius 1 is 1.00 bits per heavy atom. The van der Waals surface area contributed by atoms with Gasteiger partial charge >= 0.3 is 0 Å². The molecule has 1 N–H and O–H groups in total. The second-order valence-electron chi connectivity index (χ2n) is 5.62. The summed E-state index contributed by atoms with van der Waals surface area (Å²) in [5, 5.41) is 3.43. The molecule has 0 spiro atoms. The fourth-order valence-corrected chi connectivity index (χ4v) is 5.37. The molecule has 17 heavy (non-hydrogen) atoms. The summed E-state index contributed by atoms with van der Waals surface area (Å²) >= 11 is 0. The van der Waals surface area contributed by atoms with Crippen LogP contribution < -0.4 is 5.32 Å². The molecule has 4 nitrogen and oxygen atoms in total. The summed E-state index contributed by atoms with van der Waals surface area (Å²) in [4.78, 5) is 0. The quantitative estimate of drug-likeness (QED) is 0.824. The third-order valence-electron chi connectivity index (χ3n) is 4.33. The molecule has 0 aromatic carbocycles. The number of hydrogen-bond acceptors (Lipinski definition) is 3. The third kappa shape index (κ3) is 2.25. The summed E-state index contributed by atoms with van der Waals surface area (Å²) in [7, 11) is -2.98. The third-order valence-corrected chi connectivity index (χ3v) is 6.75. The first-order valence-electron chi connectivity index (χ1n) is 6.93. The van der Waals surface area contributed by atoms with Crippen LogP contribution in [0.25, 0.3) is 0 Å². The zero-order valence-electron chi connectivity index (χ0n) is 10.3. The van der Waals surface area contributed by atoms with Crippen LogP contribution in [0.4, 0.5) is 0 Å². The van der Waals surface area contributed by atoms with Crippen LogP contribution >= 0.6 is 0 Å². The van der Waals surface area contributed by atoms with Gasteiger partial charge in [0.15, 0.2) is 0 Å². The zero-order valence-corrected chi connectivity index (χ0v) is 11.1. The van der Waals surface area contributed by atoms with E-state index in [-0.39, 0.29) is 11.3 Å². The van der Waals surface area contributed by atoms with E-state index in [4.69, 9.17) is 0 Å². The first-order valence-corrected chi connectivity index (χ1v) is 8.44. The lowest BCUT2D eigenvalue weighted by Crippen LogP contribution is -2.53. The Bertz CT molecular complexity index is 372. The van der Waals surface area contributed by atoms with Gasteiger partial charge in [-0.2, -0.15) is 4.31 Å². The van der Waals surface area contributed by atoms with Crippen molar-refractivity contribution in [2.75, 3.05) is 13.1 Å². The Morgan fingerprint density at radius 2 is 1.82 bits per heavy atom. The largest absolute Gasteiger partial charge is 0.312 e. The van der Waals surface area contributed by atoms with Crippen molar-refractivity contribution >= 4 is 10.0 Å². The van der Waals surface area contributed by atoms with Crippen LogP contribution in [0.3, 0.4) is 0 Å². The molecule has 2 aliphatic heterocycles. The van der Waals surface area contributed by atoms with Crippen molar-refractivity contribution in [1.29, 1.82) is 0 Å². The molecule has 2 atom stereocenters. The Morgan fingerprint density at radius 3 is 2.47 bits per heavy atom. The van der Waals surface area contributed by atoms with Crippen molar-refractivity contribution in [1.82, 2.24) is 9.62 Å². The van der Waals surface area contributed by atoms with Crippen molar-refractivity contribution in [3.05, 3.63) is 0 Å². The second kappa shape index (κ2) is 4.52. The van der Waals surface area contributed by atoms with Crippen molar-refractivity contribution in [2.45, 2.75) is 62.3 Å². The normalized spacial score (nSPS) is 36.2. The highest BCUT2D eigenvalue weighted by Gasteiger charge is 2.45. The number of sulfonamides is 1. The van der Waals surface area contributed by atoms with E-state index in [2.05, 4.69) is 5.32 Å². The van der Waals surface area contributed by atoms with Gasteiger partial charge in [0.2, 0.25) is 10.0 Å². The summed E-state index contributed by atoms with van der Waals surface area (Å²) in [6.45, 7) is 1.81. The molecule has 1 saturated carbocycles. The van der Waals surface area contributed by atoms with Crippen molar-refractivity contribution in [2.24, 2.45) is 0 Å². The number of rotatable bonds is 3. The average molecular weight is 258 g/mol. The molecule has 3 aliphatic rings. The first-order chi connectivity index (χ1) is 8.19. The van der Waals surface area contributed by atoms with E-state index in [1.807, 2.05) is 4.31 Å². The van der Waals surface area contributed by atoms with E-state index in [9.17, 15) is 8.42 Å². The number of nitrogens with one attached hydrogen (secondary N) is 1. The molecule has 3 rings (SSSR count). The molecule has 0 aromatic heterocycles. The summed E-state index contributed by atoms with van der Waals surface area (Å²) < 4.78 is 26.7.